The van der Waals surface area contributed by atoms with Crippen molar-refractivity contribution in [2.24, 2.45) is 0 Å². The highest BCUT2D eigenvalue weighted by Gasteiger charge is 2.15. The second-order valence-electron chi connectivity index (χ2n) is 5.28. The fourth-order valence-electron chi connectivity index (χ4n) is 2.71. The van der Waals surface area contributed by atoms with Gasteiger partial charge in [-0.3, -0.25) is 14.6 Å². The minimum atomic E-state index is 0.490. The maximum Gasteiger partial charge on any atom is 0.200 e. The summed E-state index contributed by atoms with van der Waals surface area (Å²) in [6, 6.07) is 17.8. The number of aromatic amines is 1. The standard InChI is InChI=1S/C18H14N4OS/c1-23-16-9-5-4-8-15(16)22-17(20-21-18(22)24)14-10-12-6-2-3-7-13(12)11-19-14/h2-11H,1H3,(H,21,24). The lowest BCUT2D eigenvalue weighted by Crippen LogP contribution is -2.01. The van der Waals surface area contributed by atoms with E-state index in [4.69, 9.17) is 17.0 Å². The highest BCUT2D eigenvalue weighted by molar-refractivity contribution is 7.71. The van der Waals surface area contributed by atoms with Gasteiger partial charge in [0.1, 0.15) is 11.4 Å². The minimum absolute atomic E-state index is 0.490. The van der Waals surface area contributed by atoms with Gasteiger partial charge in [0, 0.05) is 11.6 Å². The predicted molar refractivity (Wildman–Crippen MR) is 96.0 cm³/mol. The first-order chi connectivity index (χ1) is 11.8. The van der Waals surface area contributed by atoms with E-state index in [-0.39, 0.29) is 0 Å². The van der Waals surface area contributed by atoms with Crippen molar-refractivity contribution in [2.45, 2.75) is 0 Å². The van der Waals surface area contributed by atoms with Crippen LogP contribution in [-0.4, -0.2) is 26.9 Å². The van der Waals surface area contributed by atoms with Crippen LogP contribution in [0.15, 0.2) is 60.8 Å². The Morgan fingerprint density at radius 1 is 1.04 bits per heavy atom. The summed E-state index contributed by atoms with van der Waals surface area (Å²) in [5.74, 6) is 1.37. The van der Waals surface area contributed by atoms with Crippen LogP contribution < -0.4 is 4.74 Å². The highest BCUT2D eigenvalue weighted by Crippen LogP contribution is 2.28. The fraction of sp³-hybridized carbons (Fsp3) is 0.0556. The number of hydrogen-bond acceptors (Lipinski definition) is 4. The molecule has 0 saturated heterocycles. The van der Waals surface area contributed by atoms with E-state index in [2.05, 4.69) is 21.2 Å². The molecule has 2 heterocycles. The van der Waals surface area contributed by atoms with Gasteiger partial charge in [-0.25, -0.2) is 0 Å². The molecule has 0 fully saturated rings. The van der Waals surface area contributed by atoms with Crippen LogP contribution in [0.4, 0.5) is 0 Å². The Kier molecular flexibility index (Phi) is 3.59. The van der Waals surface area contributed by atoms with Crippen LogP contribution in [0.3, 0.4) is 0 Å². The first-order valence-electron chi connectivity index (χ1n) is 7.44. The maximum absolute atomic E-state index is 5.46. The number of aromatic nitrogens is 4. The van der Waals surface area contributed by atoms with E-state index in [9.17, 15) is 0 Å². The van der Waals surface area contributed by atoms with Crippen LogP contribution in [0.1, 0.15) is 0 Å². The Bertz CT molecular complexity index is 1080. The van der Waals surface area contributed by atoms with Gasteiger partial charge < -0.3 is 4.74 Å². The zero-order valence-electron chi connectivity index (χ0n) is 12.9. The lowest BCUT2D eigenvalue weighted by atomic mass is 10.1. The summed E-state index contributed by atoms with van der Waals surface area (Å²) in [6.45, 7) is 0. The number of nitrogens with one attached hydrogen (secondary N) is 1. The first kappa shape index (κ1) is 14.6. The van der Waals surface area contributed by atoms with Crippen LogP contribution in [0.5, 0.6) is 5.75 Å². The van der Waals surface area contributed by atoms with E-state index in [1.807, 2.05) is 59.3 Å². The zero-order chi connectivity index (χ0) is 16.5. The number of H-pyrrole nitrogens is 1. The van der Waals surface area contributed by atoms with Gasteiger partial charge in [0.25, 0.3) is 0 Å². The van der Waals surface area contributed by atoms with Gasteiger partial charge in [-0.2, -0.15) is 5.10 Å². The van der Waals surface area contributed by atoms with Crippen molar-refractivity contribution in [3.8, 4) is 23.0 Å². The molecule has 4 aromatic rings. The largest absolute Gasteiger partial charge is 0.495 e. The molecular formula is C18H14N4OS. The van der Waals surface area contributed by atoms with Crippen LogP contribution >= 0.6 is 12.2 Å². The Morgan fingerprint density at radius 3 is 2.62 bits per heavy atom. The number of fused-ring (bicyclic) bond motifs is 1. The Morgan fingerprint density at radius 2 is 1.79 bits per heavy atom. The number of pyridine rings is 1. The van der Waals surface area contributed by atoms with Crippen molar-refractivity contribution in [1.29, 1.82) is 0 Å². The molecule has 0 aliphatic carbocycles. The third-order valence-corrected chi connectivity index (χ3v) is 4.13. The molecule has 0 radical (unpaired) electrons. The molecular weight excluding hydrogens is 320 g/mol. The smallest absolute Gasteiger partial charge is 0.200 e. The summed E-state index contributed by atoms with van der Waals surface area (Å²) < 4.78 is 7.78. The third kappa shape index (κ3) is 2.37. The van der Waals surface area contributed by atoms with Crippen LogP contribution in [0.25, 0.3) is 28.0 Å². The average molecular weight is 334 g/mol. The molecule has 1 N–H and O–H groups in total. The number of nitrogens with zero attached hydrogens (tertiary/aromatic N) is 3. The molecule has 2 aromatic carbocycles. The van der Waals surface area contributed by atoms with E-state index < -0.39 is 0 Å². The number of benzene rings is 2. The molecule has 0 aliphatic heterocycles. The fourth-order valence-corrected chi connectivity index (χ4v) is 2.94. The van der Waals surface area contributed by atoms with Crippen molar-refractivity contribution >= 4 is 23.0 Å². The summed E-state index contributed by atoms with van der Waals surface area (Å²) in [5.41, 5.74) is 1.57. The van der Waals surface area contributed by atoms with E-state index in [1.165, 1.54) is 0 Å². The summed E-state index contributed by atoms with van der Waals surface area (Å²) in [4.78, 5) is 4.54. The third-order valence-electron chi connectivity index (χ3n) is 3.86. The maximum atomic E-state index is 5.46. The normalized spacial score (nSPS) is 10.9. The monoisotopic (exact) mass is 334 g/mol. The van der Waals surface area contributed by atoms with Crippen molar-refractivity contribution in [3.63, 3.8) is 0 Å². The topological polar surface area (TPSA) is 55.7 Å². The lowest BCUT2D eigenvalue weighted by molar-refractivity contribution is 0.413. The Hall–Kier alpha value is -2.99. The molecule has 2 aromatic heterocycles. The van der Waals surface area contributed by atoms with Crippen LogP contribution in [0.2, 0.25) is 0 Å². The van der Waals surface area contributed by atoms with Gasteiger partial charge in [-0.15, -0.1) is 0 Å². The zero-order valence-corrected chi connectivity index (χ0v) is 13.7. The van der Waals surface area contributed by atoms with Crippen molar-refractivity contribution in [2.75, 3.05) is 7.11 Å². The molecule has 5 nitrogen and oxygen atoms in total. The van der Waals surface area contributed by atoms with Gasteiger partial charge in [-0.1, -0.05) is 36.4 Å². The first-order valence-corrected chi connectivity index (χ1v) is 7.85. The van der Waals surface area contributed by atoms with E-state index in [0.717, 1.165) is 27.9 Å². The van der Waals surface area contributed by atoms with E-state index >= 15 is 0 Å². The van der Waals surface area contributed by atoms with Crippen molar-refractivity contribution in [3.05, 3.63) is 65.6 Å². The van der Waals surface area contributed by atoms with Gasteiger partial charge in [0.2, 0.25) is 0 Å². The Balaban J connectivity index is 1.95. The number of hydrogen-bond donors (Lipinski definition) is 1. The van der Waals surface area contributed by atoms with Gasteiger partial charge in [-0.05, 0) is 35.8 Å². The number of methoxy groups -OCH3 is 1. The highest BCUT2D eigenvalue weighted by atomic mass is 32.1. The van der Waals surface area contributed by atoms with Crippen molar-refractivity contribution in [1.82, 2.24) is 19.7 Å². The number of ether oxygens (including phenoxy) is 1. The molecule has 0 bridgehead atoms. The van der Waals surface area contributed by atoms with Crippen LogP contribution in [0, 0.1) is 4.77 Å². The molecule has 118 valence electrons. The molecule has 24 heavy (non-hydrogen) atoms. The Labute approximate surface area is 143 Å². The molecule has 6 heteroatoms. The molecule has 0 unspecified atom stereocenters. The van der Waals surface area contributed by atoms with E-state index in [0.29, 0.717) is 10.6 Å². The summed E-state index contributed by atoms with van der Waals surface area (Å²) in [5, 5.41) is 9.41. The minimum Gasteiger partial charge on any atom is -0.495 e. The summed E-state index contributed by atoms with van der Waals surface area (Å²) in [6.07, 6.45) is 1.84. The van der Waals surface area contributed by atoms with Gasteiger partial charge in [0.15, 0.2) is 10.6 Å². The molecule has 0 amide bonds. The van der Waals surface area contributed by atoms with Gasteiger partial charge >= 0.3 is 0 Å². The molecule has 0 spiro atoms. The van der Waals surface area contributed by atoms with Crippen LogP contribution in [-0.2, 0) is 0 Å². The van der Waals surface area contributed by atoms with E-state index in [1.54, 1.807) is 7.11 Å². The molecule has 0 saturated carbocycles. The second kappa shape index (κ2) is 5.90. The number of para-hydroxylation sites is 2. The molecule has 0 atom stereocenters. The van der Waals surface area contributed by atoms with Crippen molar-refractivity contribution < 1.29 is 4.74 Å². The SMILES string of the molecule is COc1ccccc1-n1c(-c2cc3ccccc3cn2)n[nH]c1=S. The number of rotatable bonds is 3. The lowest BCUT2D eigenvalue weighted by Gasteiger charge is -2.11. The summed E-state index contributed by atoms with van der Waals surface area (Å²) >= 11 is 5.42. The molecule has 4 rings (SSSR count). The quantitative estimate of drug-likeness (QED) is 0.572. The van der Waals surface area contributed by atoms with Gasteiger partial charge in [0.05, 0.1) is 12.8 Å². The second-order valence-corrected chi connectivity index (χ2v) is 5.66. The average Bonchev–Trinajstić information content (AvgIpc) is 3.02. The molecule has 0 aliphatic rings. The summed E-state index contributed by atoms with van der Waals surface area (Å²) in [7, 11) is 1.64. The predicted octanol–water partition coefficient (Wildman–Crippen LogP) is 4.15.